The van der Waals surface area contributed by atoms with E-state index < -0.39 is 17.8 Å². The number of hydrogen-bond acceptors (Lipinski definition) is 2. The fourth-order valence-electron chi connectivity index (χ4n) is 1.49. The fraction of sp³-hybridized carbons (Fsp3) is 0.875. The largest absolute Gasteiger partial charge is 0.481 e. The first-order chi connectivity index (χ1) is 5.91. The van der Waals surface area contributed by atoms with Crippen LogP contribution in [0.2, 0.25) is 0 Å². The number of hydrogen-bond donors (Lipinski definition) is 2. The minimum absolute atomic E-state index is 0. The molecule has 0 amide bonds. The van der Waals surface area contributed by atoms with Gasteiger partial charge in [0.2, 0.25) is 0 Å². The Morgan fingerprint density at radius 1 is 1.71 bits per heavy atom. The van der Waals surface area contributed by atoms with E-state index in [0.717, 1.165) is 0 Å². The zero-order valence-electron chi connectivity index (χ0n) is 7.80. The molecule has 0 radical (unpaired) electrons. The van der Waals surface area contributed by atoms with Crippen molar-refractivity contribution in [3.05, 3.63) is 0 Å². The first-order valence-corrected chi connectivity index (χ1v) is 4.25. The smallest absolute Gasteiger partial charge is 0.306 e. The van der Waals surface area contributed by atoms with E-state index >= 15 is 0 Å². The number of carboxylic acid groups (broad SMARTS) is 1. The van der Waals surface area contributed by atoms with Crippen LogP contribution < -0.4 is 5.32 Å². The quantitative estimate of drug-likeness (QED) is 0.772. The number of halogens is 3. The summed E-state index contributed by atoms with van der Waals surface area (Å²) in [5.41, 5.74) is 0. The van der Waals surface area contributed by atoms with Gasteiger partial charge in [-0.25, -0.2) is 8.78 Å². The van der Waals surface area contributed by atoms with Crippen molar-refractivity contribution < 1.29 is 18.7 Å². The Morgan fingerprint density at radius 2 is 2.29 bits per heavy atom. The molecule has 1 fully saturated rings. The molecule has 2 N–H and O–H groups in total. The molecular formula is C8H14ClF2NO2. The molecule has 84 valence electrons. The molecule has 1 aliphatic heterocycles. The maximum atomic E-state index is 12.6. The van der Waals surface area contributed by atoms with Crippen molar-refractivity contribution in [2.24, 2.45) is 5.92 Å². The summed E-state index contributed by atoms with van der Waals surface area (Å²) < 4.78 is 25.3. The highest BCUT2D eigenvalue weighted by Crippen LogP contribution is 2.27. The number of carboxylic acids is 1. The second kappa shape index (κ2) is 4.89. The summed E-state index contributed by atoms with van der Waals surface area (Å²) in [7, 11) is 0. The first kappa shape index (κ1) is 13.6. The Bertz CT molecular complexity index is 214. The Kier molecular flexibility index (Phi) is 4.74. The zero-order valence-corrected chi connectivity index (χ0v) is 8.61. The van der Waals surface area contributed by atoms with Gasteiger partial charge >= 0.3 is 5.97 Å². The SMILES string of the molecule is CC(C[C@@H]1CC(F)(F)CN1)C(=O)O.Cl. The molecule has 1 aliphatic rings. The standard InChI is InChI=1S/C8H13F2NO2.ClH/c1-5(7(12)13)2-6-3-8(9,10)4-11-6;/h5-6,11H,2-4H2,1H3,(H,12,13);1H/t5?,6-;/m1./s1. The van der Waals surface area contributed by atoms with E-state index in [0.29, 0.717) is 0 Å². The van der Waals surface area contributed by atoms with Crippen molar-refractivity contribution in [1.82, 2.24) is 5.32 Å². The van der Waals surface area contributed by atoms with Gasteiger partial charge in [-0.1, -0.05) is 6.92 Å². The highest BCUT2D eigenvalue weighted by Gasteiger charge is 2.39. The molecule has 1 rings (SSSR count). The van der Waals surface area contributed by atoms with E-state index in [9.17, 15) is 13.6 Å². The summed E-state index contributed by atoms with van der Waals surface area (Å²) in [6, 6.07) is -0.360. The predicted octanol–water partition coefficient (Wildman–Crippen LogP) is 1.52. The summed E-state index contributed by atoms with van der Waals surface area (Å²) >= 11 is 0. The van der Waals surface area contributed by atoms with Crippen LogP contribution in [0.3, 0.4) is 0 Å². The van der Waals surface area contributed by atoms with Crippen LogP contribution in [0.1, 0.15) is 19.8 Å². The van der Waals surface area contributed by atoms with Gasteiger partial charge in [0, 0.05) is 12.5 Å². The Balaban J connectivity index is 0.00000169. The van der Waals surface area contributed by atoms with Crippen molar-refractivity contribution in [1.29, 1.82) is 0 Å². The third-order valence-corrected chi connectivity index (χ3v) is 2.25. The molecule has 1 saturated heterocycles. The molecule has 0 aromatic rings. The highest BCUT2D eigenvalue weighted by atomic mass is 35.5. The highest BCUT2D eigenvalue weighted by molar-refractivity contribution is 5.85. The third kappa shape index (κ3) is 3.75. The fourth-order valence-corrected chi connectivity index (χ4v) is 1.49. The molecule has 14 heavy (non-hydrogen) atoms. The molecule has 0 aromatic carbocycles. The van der Waals surface area contributed by atoms with Gasteiger partial charge < -0.3 is 10.4 Å². The van der Waals surface area contributed by atoms with Crippen LogP contribution in [0.15, 0.2) is 0 Å². The van der Waals surface area contributed by atoms with E-state index in [2.05, 4.69) is 5.32 Å². The van der Waals surface area contributed by atoms with Gasteiger partial charge in [0.15, 0.2) is 0 Å². The molecule has 3 nitrogen and oxygen atoms in total. The molecule has 0 bridgehead atoms. The third-order valence-electron chi connectivity index (χ3n) is 2.25. The summed E-state index contributed by atoms with van der Waals surface area (Å²) in [6.45, 7) is 1.20. The molecule has 6 heteroatoms. The lowest BCUT2D eigenvalue weighted by Gasteiger charge is -2.12. The first-order valence-electron chi connectivity index (χ1n) is 4.25. The molecule has 1 unspecified atom stereocenters. The van der Waals surface area contributed by atoms with Crippen LogP contribution in [0.5, 0.6) is 0 Å². The van der Waals surface area contributed by atoms with Gasteiger partial charge in [0.25, 0.3) is 5.92 Å². The van der Waals surface area contributed by atoms with Gasteiger partial charge in [-0.2, -0.15) is 0 Å². The average Bonchev–Trinajstić information content (AvgIpc) is 2.30. The second-order valence-corrected chi connectivity index (χ2v) is 3.61. The molecule has 0 aliphatic carbocycles. The van der Waals surface area contributed by atoms with Crippen molar-refractivity contribution >= 4 is 18.4 Å². The van der Waals surface area contributed by atoms with E-state index in [1.165, 1.54) is 6.92 Å². The average molecular weight is 230 g/mol. The van der Waals surface area contributed by atoms with Crippen LogP contribution >= 0.6 is 12.4 Å². The number of alkyl halides is 2. The van der Waals surface area contributed by atoms with Crippen molar-refractivity contribution in [3.63, 3.8) is 0 Å². The predicted molar refractivity (Wildman–Crippen MR) is 50.0 cm³/mol. The van der Waals surface area contributed by atoms with Crippen LogP contribution in [-0.4, -0.2) is 29.6 Å². The molecule has 2 atom stereocenters. The number of nitrogens with one attached hydrogen (secondary N) is 1. The number of aliphatic carboxylic acids is 1. The number of carbonyl (C=O) groups is 1. The van der Waals surface area contributed by atoms with E-state index in [-0.39, 0.29) is 37.8 Å². The monoisotopic (exact) mass is 229 g/mol. The molecule has 0 saturated carbocycles. The minimum Gasteiger partial charge on any atom is -0.481 e. The maximum Gasteiger partial charge on any atom is 0.306 e. The van der Waals surface area contributed by atoms with E-state index in [1.807, 2.05) is 0 Å². The van der Waals surface area contributed by atoms with Crippen LogP contribution in [0.25, 0.3) is 0 Å². The van der Waals surface area contributed by atoms with Crippen LogP contribution in [0.4, 0.5) is 8.78 Å². The lowest BCUT2D eigenvalue weighted by Crippen LogP contribution is -2.26. The van der Waals surface area contributed by atoms with Crippen molar-refractivity contribution in [3.8, 4) is 0 Å². The van der Waals surface area contributed by atoms with E-state index in [4.69, 9.17) is 5.11 Å². The topological polar surface area (TPSA) is 49.3 Å². The molecule has 0 aromatic heterocycles. The Morgan fingerprint density at radius 3 is 2.64 bits per heavy atom. The number of rotatable bonds is 3. The maximum absolute atomic E-state index is 12.6. The lowest BCUT2D eigenvalue weighted by molar-refractivity contribution is -0.141. The van der Waals surface area contributed by atoms with E-state index in [1.54, 1.807) is 0 Å². The Labute approximate surface area is 87.3 Å². The zero-order chi connectivity index (χ0) is 10.1. The lowest BCUT2D eigenvalue weighted by atomic mass is 10.0. The van der Waals surface area contributed by atoms with Crippen molar-refractivity contribution in [2.45, 2.75) is 31.7 Å². The summed E-state index contributed by atoms with van der Waals surface area (Å²) in [5.74, 6) is -4.16. The van der Waals surface area contributed by atoms with Gasteiger partial charge in [0.1, 0.15) is 0 Å². The normalized spacial score (nSPS) is 26.6. The van der Waals surface area contributed by atoms with Gasteiger partial charge in [-0.05, 0) is 6.42 Å². The summed E-state index contributed by atoms with van der Waals surface area (Å²) in [4.78, 5) is 10.4. The molecule has 0 spiro atoms. The Hall–Kier alpha value is -0.420. The van der Waals surface area contributed by atoms with Crippen LogP contribution in [-0.2, 0) is 4.79 Å². The van der Waals surface area contributed by atoms with Gasteiger partial charge in [-0.3, -0.25) is 4.79 Å². The molecule has 1 heterocycles. The summed E-state index contributed by atoms with van der Waals surface area (Å²) in [6.07, 6.45) is 0.0234. The summed E-state index contributed by atoms with van der Waals surface area (Å²) in [5, 5.41) is 11.2. The van der Waals surface area contributed by atoms with Crippen molar-refractivity contribution in [2.75, 3.05) is 6.54 Å². The molecular weight excluding hydrogens is 216 g/mol. The second-order valence-electron chi connectivity index (χ2n) is 3.61. The minimum atomic E-state index is -2.66. The van der Waals surface area contributed by atoms with Gasteiger partial charge in [-0.15, -0.1) is 12.4 Å². The van der Waals surface area contributed by atoms with Crippen LogP contribution in [0, 0.1) is 5.92 Å². The van der Waals surface area contributed by atoms with Gasteiger partial charge in [0.05, 0.1) is 12.5 Å².